The Hall–Kier alpha value is -2.07. The molecule has 0 bridgehead atoms. The normalized spacial score (nSPS) is 13.8. The maximum atomic E-state index is 12.6. The first-order valence-electron chi connectivity index (χ1n) is 9.15. The number of aromatic nitrogens is 1. The number of rotatable bonds is 9. The average molecular weight is 340 g/mol. The minimum Gasteiger partial charge on any atom is -0.385 e. The van der Waals surface area contributed by atoms with Gasteiger partial charge in [0.25, 0.3) is 0 Å². The Morgan fingerprint density at radius 3 is 2.76 bits per heavy atom. The van der Waals surface area contributed by atoms with Crippen molar-refractivity contribution in [3.63, 3.8) is 0 Å². The lowest BCUT2D eigenvalue weighted by Crippen LogP contribution is -2.34. The standard InChI is InChI=1S/C21H28N2O2/c1-17-7-3-4-8-19(17)15-22-12-5-9-20(22)16-23(13-6-14-25-2)21(24)18-10-11-18/h3-5,7-9,12,18H,6,10-11,13-16H2,1-2H3. The fourth-order valence-electron chi connectivity index (χ4n) is 3.17. The van der Waals surface area contributed by atoms with Gasteiger partial charge in [-0.3, -0.25) is 4.79 Å². The first kappa shape index (κ1) is 17.7. The van der Waals surface area contributed by atoms with Crippen molar-refractivity contribution in [2.45, 2.75) is 39.3 Å². The zero-order valence-electron chi connectivity index (χ0n) is 15.3. The molecule has 1 aliphatic carbocycles. The molecule has 0 atom stereocenters. The molecule has 0 N–H and O–H groups in total. The van der Waals surface area contributed by atoms with E-state index < -0.39 is 0 Å². The monoisotopic (exact) mass is 340 g/mol. The molecule has 3 rings (SSSR count). The van der Waals surface area contributed by atoms with Gasteiger partial charge in [0.2, 0.25) is 5.91 Å². The SMILES string of the molecule is COCCCN(Cc1cccn1Cc1ccccc1C)C(=O)C1CC1. The number of hydrogen-bond donors (Lipinski definition) is 0. The number of ether oxygens (including phenoxy) is 1. The Morgan fingerprint density at radius 2 is 2.04 bits per heavy atom. The van der Waals surface area contributed by atoms with Gasteiger partial charge in [-0.2, -0.15) is 0 Å². The fourth-order valence-corrected chi connectivity index (χ4v) is 3.17. The third kappa shape index (κ3) is 4.73. The molecule has 0 aliphatic heterocycles. The Labute approximate surface area is 150 Å². The molecular weight excluding hydrogens is 312 g/mol. The second kappa shape index (κ2) is 8.34. The highest BCUT2D eigenvalue weighted by Gasteiger charge is 2.33. The summed E-state index contributed by atoms with van der Waals surface area (Å²) in [6.45, 7) is 5.13. The Kier molecular flexibility index (Phi) is 5.92. The van der Waals surface area contributed by atoms with E-state index in [4.69, 9.17) is 4.74 Å². The molecular formula is C21H28N2O2. The highest BCUT2D eigenvalue weighted by molar-refractivity contribution is 5.81. The molecule has 0 spiro atoms. The van der Waals surface area contributed by atoms with E-state index in [0.717, 1.165) is 32.4 Å². The van der Waals surface area contributed by atoms with Crippen LogP contribution >= 0.6 is 0 Å². The number of aryl methyl sites for hydroxylation is 1. The molecule has 1 fully saturated rings. The summed E-state index contributed by atoms with van der Waals surface area (Å²) in [7, 11) is 1.71. The molecule has 2 aromatic rings. The molecule has 0 radical (unpaired) electrons. The van der Waals surface area contributed by atoms with Gasteiger partial charge in [-0.05, 0) is 49.4 Å². The van der Waals surface area contributed by atoms with E-state index in [-0.39, 0.29) is 5.92 Å². The molecule has 1 aromatic heterocycles. The van der Waals surface area contributed by atoms with Crippen LogP contribution in [0.5, 0.6) is 0 Å². The predicted molar refractivity (Wildman–Crippen MR) is 99.3 cm³/mol. The van der Waals surface area contributed by atoms with Gasteiger partial charge < -0.3 is 14.2 Å². The Balaban J connectivity index is 1.70. The molecule has 0 unspecified atom stereocenters. The van der Waals surface area contributed by atoms with Crippen LogP contribution in [0.2, 0.25) is 0 Å². The summed E-state index contributed by atoms with van der Waals surface area (Å²) in [4.78, 5) is 14.6. The van der Waals surface area contributed by atoms with E-state index in [1.54, 1.807) is 7.11 Å². The van der Waals surface area contributed by atoms with Crippen LogP contribution in [0, 0.1) is 12.8 Å². The third-order valence-electron chi connectivity index (χ3n) is 4.89. The topological polar surface area (TPSA) is 34.5 Å². The van der Waals surface area contributed by atoms with E-state index in [0.29, 0.717) is 19.1 Å². The molecule has 134 valence electrons. The van der Waals surface area contributed by atoms with Crippen LogP contribution in [0.25, 0.3) is 0 Å². The van der Waals surface area contributed by atoms with Crippen molar-refractivity contribution in [2.24, 2.45) is 5.92 Å². The fraction of sp³-hybridized carbons (Fsp3) is 0.476. The maximum absolute atomic E-state index is 12.6. The number of amides is 1. The van der Waals surface area contributed by atoms with Crippen LogP contribution in [0.4, 0.5) is 0 Å². The summed E-state index contributed by atoms with van der Waals surface area (Å²) in [6.07, 6.45) is 5.08. The summed E-state index contributed by atoms with van der Waals surface area (Å²) >= 11 is 0. The van der Waals surface area contributed by atoms with E-state index in [2.05, 4.69) is 54.1 Å². The number of methoxy groups -OCH3 is 1. The van der Waals surface area contributed by atoms with E-state index in [9.17, 15) is 4.79 Å². The zero-order chi connectivity index (χ0) is 17.6. The summed E-state index contributed by atoms with van der Waals surface area (Å²) in [5.41, 5.74) is 3.81. The lowest BCUT2D eigenvalue weighted by molar-refractivity contribution is -0.133. The lowest BCUT2D eigenvalue weighted by atomic mass is 10.1. The molecule has 1 amide bonds. The van der Waals surface area contributed by atoms with Crippen LogP contribution in [-0.4, -0.2) is 35.6 Å². The van der Waals surface area contributed by atoms with Crippen molar-refractivity contribution >= 4 is 5.91 Å². The molecule has 1 aromatic carbocycles. The van der Waals surface area contributed by atoms with Crippen molar-refractivity contribution in [2.75, 3.05) is 20.3 Å². The predicted octanol–water partition coefficient (Wildman–Crippen LogP) is 3.62. The molecule has 1 heterocycles. The number of benzene rings is 1. The summed E-state index contributed by atoms with van der Waals surface area (Å²) in [6, 6.07) is 12.7. The van der Waals surface area contributed by atoms with Gasteiger partial charge in [-0.1, -0.05) is 24.3 Å². The molecule has 0 saturated heterocycles. The molecule has 4 nitrogen and oxygen atoms in total. The number of hydrogen-bond acceptors (Lipinski definition) is 2. The summed E-state index contributed by atoms with van der Waals surface area (Å²) < 4.78 is 7.41. The smallest absolute Gasteiger partial charge is 0.226 e. The molecule has 1 aliphatic rings. The van der Waals surface area contributed by atoms with Crippen LogP contribution < -0.4 is 0 Å². The van der Waals surface area contributed by atoms with Crippen LogP contribution in [-0.2, 0) is 22.6 Å². The number of nitrogens with zero attached hydrogens (tertiary/aromatic N) is 2. The number of carbonyl (C=O) groups excluding carboxylic acids is 1. The highest BCUT2D eigenvalue weighted by Crippen LogP contribution is 2.31. The van der Waals surface area contributed by atoms with Crippen molar-refractivity contribution < 1.29 is 9.53 Å². The van der Waals surface area contributed by atoms with Gasteiger partial charge in [0.05, 0.1) is 6.54 Å². The van der Waals surface area contributed by atoms with E-state index in [1.807, 2.05) is 4.90 Å². The van der Waals surface area contributed by atoms with Crippen molar-refractivity contribution in [3.05, 3.63) is 59.4 Å². The summed E-state index contributed by atoms with van der Waals surface area (Å²) in [5.74, 6) is 0.557. The maximum Gasteiger partial charge on any atom is 0.226 e. The lowest BCUT2D eigenvalue weighted by Gasteiger charge is -2.24. The Morgan fingerprint density at radius 1 is 1.24 bits per heavy atom. The summed E-state index contributed by atoms with van der Waals surface area (Å²) in [5, 5.41) is 0. The zero-order valence-corrected chi connectivity index (χ0v) is 15.3. The average Bonchev–Trinajstić information content (AvgIpc) is 3.37. The van der Waals surface area contributed by atoms with Gasteiger partial charge in [0.1, 0.15) is 0 Å². The number of carbonyl (C=O) groups is 1. The molecule has 4 heteroatoms. The van der Waals surface area contributed by atoms with Crippen molar-refractivity contribution in [1.29, 1.82) is 0 Å². The second-order valence-corrected chi connectivity index (χ2v) is 6.93. The first-order chi connectivity index (χ1) is 12.2. The van der Waals surface area contributed by atoms with Crippen molar-refractivity contribution in [1.82, 2.24) is 9.47 Å². The molecule has 1 saturated carbocycles. The van der Waals surface area contributed by atoms with E-state index >= 15 is 0 Å². The second-order valence-electron chi connectivity index (χ2n) is 6.93. The van der Waals surface area contributed by atoms with Crippen LogP contribution in [0.15, 0.2) is 42.6 Å². The Bertz CT molecular complexity index is 703. The van der Waals surface area contributed by atoms with Gasteiger partial charge in [-0.15, -0.1) is 0 Å². The van der Waals surface area contributed by atoms with Crippen molar-refractivity contribution in [3.8, 4) is 0 Å². The largest absolute Gasteiger partial charge is 0.385 e. The molecule has 25 heavy (non-hydrogen) atoms. The van der Waals surface area contributed by atoms with Crippen LogP contribution in [0.3, 0.4) is 0 Å². The first-order valence-corrected chi connectivity index (χ1v) is 9.15. The van der Waals surface area contributed by atoms with Gasteiger partial charge in [0.15, 0.2) is 0 Å². The third-order valence-corrected chi connectivity index (χ3v) is 4.89. The van der Waals surface area contributed by atoms with Gasteiger partial charge in [0, 0.05) is 44.6 Å². The van der Waals surface area contributed by atoms with Gasteiger partial charge >= 0.3 is 0 Å². The highest BCUT2D eigenvalue weighted by atomic mass is 16.5. The van der Waals surface area contributed by atoms with Crippen LogP contribution in [0.1, 0.15) is 36.1 Å². The van der Waals surface area contributed by atoms with Gasteiger partial charge in [-0.25, -0.2) is 0 Å². The minimum atomic E-state index is 0.252. The van der Waals surface area contributed by atoms with E-state index in [1.165, 1.54) is 16.8 Å². The quantitative estimate of drug-likeness (QED) is 0.654. The minimum absolute atomic E-state index is 0.252.